The third-order valence-corrected chi connectivity index (χ3v) is 3.39. The zero-order valence-electron chi connectivity index (χ0n) is 14.7. The molecular formula is C20H25NO3. The predicted octanol–water partition coefficient (Wildman–Crippen LogP) is 4.61. The molecule has 0 fully saturated rings. The molecule has 2 rings (SSSR count). The molecule has 1 amide bonds. The summed E-state index contributed by atoms with van der Waals surface area (Å²) in [5.74, 6) is 1.62. The van der Waals surface area contributed by atoms with Gasteiger partial charge in [-0.15, -0.1) is 0 Å². The van der Waals surface area contributed by atoms with Gasteiger partial charge in [-0.05, 0) is 43.5 Å². The molecule has 1 N–H and O–H groups in total. The Kier molecular flexibility index (Phi) is 6.24. The largest absolute Gasteiger partial charge is 0.491 e. The van der Waals surface area contributed by atoms with Crippen LogP contribution in [0.5, 0.6) is 11.5 Å². The number of anilines is 1. The molecule has 4 heteroatoms. The smallest absolute Gasteiger partial charge is 0.262 e. The number of rotatable bonds is 7. The molecule has 0 saturated carbocycles. The van der Waals surface area contributed by atoms with E-state index in [1.165, 1.54) is 0 Å². The van der Waals surface area contributed by atoms with Gasteiger partial charge in [0.05, 0.1) is 6.10 Å². The molecule has 0 heterocycles. The van der Waals surface area contributed by atoms with Crippen molar-refractivity contribution < 1.29 is 14.3 Å². The summed E-state index contributed by atoms with van der Waals surface area (Å²) in [5.41, 5.74) is 1.79. The number of benzene rings is 2. The summed E-state index contributed by atoms with van der Waals surface area (Å²) in [7, 11) is 0. The van der Waals surface area contributed by atoms with E-state index in [-0.39, 0.29) is 18.6 Å². The van der Waals surface area contributed by atoms with Crippen LogP contribution in [0.3, 0.4) is 0 Å². The number of hydrogen-bond donors (Lipinski definition) is 1. The molecule has 2 aromatic carbocycles. The molecule has 0 spiro atoms. The van der Waals surface area contributed by atoms with Gasteiger partial charge in [-0.1, -0.05) is 38.1 Å². The molecule has 24 heavy (non-hydrogen) atoms. The summed E-state index contributed by atoms with van der Waals surface area (Å²) in [6.07, 6.45) is 0.0896. The van der Waals surface area contributed by atoms with E-state index in [1.807, 2.05) is 56.3 Å². The molecule has 0 saturated heterocycles. The van der Waals surface area contributed by atoms with Crippen molar-refractivity contribution in [2.75, 3.05) is 11.9 Å². The van der Waals surface area contributed by atoms with Crippen molar-refractivity contribution >= 4 is 11.6 Å². The summed E-state index contributed by atoms with van der Waals surface area (Å²) < 4.78 is 11.3. The molecule has 0 unspecified atom stereocenters. The van der Waals surface area contributed by atoms with E-state index in [2.05, 4.69) is 19.2 Å². The SMILES string of the molecule is CC(C)Oc1cccc(NC(=O)COc2ccccc2C(C)C)c1. The van der Waals surface area contributed by atoms with Crippen LogP contribution in [0.15, 0.2) is 48.5 Å². The Bertz CT molecular complexity index is 680. The van der Waals surface area contributed by atoms with Crippen LogP contribution >= 0.6 is 0 Å². The number of nitrogens with one attached hydrogen (secondary N) is 1. The van der Waals surface area contributed by atoms with Gasteiger partial charge in [-0.3, -0.25) is 4.79 Å². The number of carbonyl (C=O) groups excluding carboxylic acids is 1. The molecule has 0 aliphatic heterocycles. The van der Waals surface area contributed by atoms with Crippen LogP contribution in [-0.4, -0.2) is 18.6 Å². The average Bonchev–Trinajstić information content (AvgIpc) is 2.53. The summed E-state index contributed by atoms with van der Waals surface area (Å²) in [6.45, 7) is 8.10. The highest BCUT2D eigenvalue weighted by molar-refractivity contribution is 5.92. The van der Waals surface area contributed by atoms with Crippen molar-refractivity contribution in [2.45, 2.75) is 39.7 Å². The Labute approximate surface area is 143 Å². The van der Waals surface area contributed by atoms with Gasteiger partial charge in [0.25, 0.3) is 5.91 Å². The minimum absolute atomic E-state index is 0.0288. The van der Waals surface area contributed by atoms with Gasteiger partial charge in [-0.2, -0.15) is 0 Å². The molecule has 4 nitrogen and oxygen atoms in total. The van der Waals surface area contributed by atoms with Crippen molar-refractivity contribution in [3.8, 4) is 11.5 Å². The van der Waals surface area contributed by atoms with Crippen molar-refractivity contribution in [3.63, 3.8) is 0 Å². The van der Waals surface area contributed by atoms with Gasteiger partial charge in [-0.25, -0.2) is 0 Å². The molecule has 0 atom stereocenters. The Balaban J connectivity index is 1.94. The van der Waals surface area contributed by atoms with Crippen molar-refractivity contribution in [1.29, 1.82) is 0 Å². The minimum atomic E-state index is -0.199. The number of amides is 1. The van der Waals surface area contributed by atoms with Crippen molar-refractivity contribution in [1.82, 2.24) is 0 Å². The number of hydrogen-bond acceptors (Lipinski definition) is 3. The van der Waals surface area contributed by atoms with Crippen molar-refractivity contribution in [3.05, 3.63) is 54.1 Å². The van der Waals surface area contributed by atoms with Gasteiger partial charge >= 0.3 is 0 Å². The van der Waals surface area contributed by atoms with E-state index < -0.39 is 0 Å². The maximum Gasteiger partial charge on any atom is 0.262 e. The number of ether oxygens (including phenoxy) is 2. The Morgan fingerprint density at radius 1 is 1.04 bits per heavy atom. The Morgan fingerprint density at radius 3 is 2.50 bits per heavy atom. The first-order chi connectivity index (χ1) is 11.5. The third kappa shape index (κ3) is 5.30. The van der Waals surface area contributed by atoms with Gasteiger partial charge < -0.3 is 14.8 Å². The van der Waals surface area contributed by atoms with E-state index in [4.69, 9.17) is 9.47 Å². The summed E-state index contributed by atoms with van der Waals surface area (Å²) in [6, 6.07) is 15.1. The van der Waals surface area contributed by atoms with E-state index in [9.17, 15) is 4.79 Å². The fourth-order valence-corrected chi connectivity index (χ4v) is 2.35. The molecule has 0 bridgehead atoms. The fraction of sp³-hybridized carbons (Fsp3) is 0.350. The monoisotopic (exact) mass is 327 g/mol. The lowest BCUT2D eigenvalue weighted by molar-refractivity contribution is -0.118. The van der Waals surface area contributed by atoms with Crippen LogP contribution in [0, 0.1) is 0 Å². The first kappa shape index (κ1) is 17.9. The number of para-hydroxylation sites is 1. The van der Waals surface area contributed by atoms with E-state index >= 15 is 0 Å². The highest BCUT2D eigenvalue weighted by Gasteiger charge is 2.10. The van der Waals surface area contributed by atoms with Gasteiger partial charge in [0.2, 0.25) is 0 Å². The Morgan fingerprint density at radius 2 is 1.79 bits per heavy atom. The van der Waals surface area contributed by atoms with Crippen LogP contribution in [0.2, 0.25) is 0 Å². The fourth-order valence-electron chi connectivity index (χ4n) is 2.35. The van der Waals surface area contributed by atoms with Crippen LogP contribution in [0.4, 0.5) is 5.69 Å². The molecule has 128 valence electrons. The second-order valence-electron chi connectivity index (χ2n) is 6.22. The van der Waals surface area contributed by atoms with E-state index in [0.29, 0.717) is 11.6 Å². The lowest BCUT2D eigenvalue weighted by Gasteiger charge is -2.14. The zero-order chi connectivity index (χ0) is 17.5. The third-order valence-electron chi connectivity index (χ3n) is 3.39. The maximum atomic E-state index is 12.1. The summed E-state index contributed by atoms with van der Waals surface area (Å²) in [5, 5.41) is 2.83. The molecule has 0 aliphatic carbocycles. The standard InChI is InChI=1S/C20H25NO3/c1-14(2)18-10-5-6-11-19(18)23-13-20(22)21-16-8-7-9-17(12-16)24-15(3)4/h5-12,14-15H,13H2,1-4H3,(H,21,22). The topological polar surface area (TPSA) is 47.6 Å². The zero-order valence-corrected chi connectivity index (χ0v) is 14.7. The van der Waals surface area contributed by atoms with Gasteiger partial charge in [0.15, 0.2) is 6.61 Å². The second-order valence-corrected chi connectivity index (χ2v) is 6.22. The van der Waals surface area contributed by atoms with Crippen LogP contribution in [0.25, 0.3) is 0 Å². The van der Waals surface area contributed by atoms with Crippen LogP contribution < -0.4 is 14.8 Å². The predicted molar refractivity (Wildman–Crippen MR) is 96.9 cm³/mol. The van der Waals surface area contributed by atoms with Crippen LogP contribution in [-0.2, 0) is 4.79 Å². The van der Waals surface area contributed by atoms with Gasteiger partial charge in [0.1, 0.15) is 11.5 Å². The molecule has 2 aromatic rings. The quantitative estimate of drug-likeness (QED) is 0.807. The highest BCUT2D eigenvalue weighted by Crippen LogP contribution is 2.25. The van der Waals surface area contributed by atoms with Crippen LogP contribution in [0.1, 0.15) is 39.2 Å². The lowest BCUT2D eigenvalue weighted by atomic mass is 10.0. The van der Waals surface area contributed by atoms with Crippen molar-refractivity contribution in [2.24, 2.45) is 0 Å². The van der Waals surface area contributed by atoms with E-state index in [0.717, 1.165) is 17.1 Å². The normalized spacial score (nSPS) is 10.8. The summed E-state index contributed by atoms with van der Waals surface area (Å²) >= 11 is 0. The highest BCUT2D eigenvalue weighted by atomic mass is 16.5. The second kappa shape index (κ2) is 8.39. The minimum Gasteiger partial charge on any atom is -0.491 e. The maximum absolute atomic E-state index is 12.1. The first-order valence-electron chi connectivity index (χ1n) is 8.24. The lowest BCUT2D eigenvalue weighted by Crippen LogP contribution is -2.20. The molecular weight excluding hydrogens is 302 g/mol. The van der Waals surface area contributed by atoms with E-state index in [1.54, 1.807) is 6.07 Å². The number of carbonyl (C=O) groups is 1. The average molecular weight is 327 g/mol. The Hall–Kier alpha value is -2.49. The van der Waals surface area contributed by atoms with Gasteiger partial charge in [0, 0.05) is 11.8 Å². The molecule has 0 aliphatic rings. The molecule has 0 radical (unpaired) electrons. The summed E-state index contributed by atoms with van der Waals surface area (Å²) in [4.78, 5) is 12.1. The molecule has 0 aromatic heterocycles. The first-order valence-corrected chi connectivity index (χ1v) is 8.24.